The van der Waals surface area contributed by atoms with Crippen molar-refractivity contribution in [3.05, 3.63) is 29.8 Å². The Labute approximate surface area is 95.8 Å². The topological polar surface area (TPSA) is 35.2 Å². The van der Waals surface area contributed by atoms with Gasteiger partial charge in [0.15, 0.2) is 0 Å². The smallest absolute Gasteiger partial charge is 0.428 e. The molecular formula is C9H10ClF4NO. The van der Waals surface area contributed by atoms with Gasteiger partial charge >= 0.3 is 12.5 Å². The molecule has 1 rings (SSSR count). The lowest BCUT2D eigenvalue weighted by Gasteiger charge is -2.16. The van der Waals surface area contributed by atoms with Crippen molar-refractivity contribution in [3.63, 3.8) is 0 Å². The molecule has 0 spiro atoms. The van der Waals surface area contributed by atoms with Crippen LogP contribution in [0.1, 0.15) is 5.56 Å². The molecule has 16 heavy (non-hydrogen) atoms. The van der Waals surface area contributed by atoms with Crippen LogP contribution in [0.3, 0.4) is 0 Å². The monoisotopic (exact) mass is 259 g/mol. The summed E-state index contributed by atoms with van der Waals surface area (Å²) in [6, 6.07) is 5.19. The molecule has 2 N–H and O–H groups in total. The van der Waals surface area contributed by atoms with Gasteiger partial charge in [0.1, 0.15) is 5.75 Å². The van der Waals surface area contributed by atoms with Gasteiger partial charge in [-0.1, -0.05) is 12.1 Å². The second-order valence-corrected chi connectivity index (χ2v) is 2.81. The van der Waals surface area contributed by atoms with E-state index in [4.69, 9.17) is 5.73 Å². The third kappa shape index (κ3) is 3.86. The second-order valence-electron chi connectivity index (χ2n) is 2.81. The number of benzene rings is 1. The van der Waals surface area contributed by atoms with Crippen LogP contribution < -0.4 is 10.5 Å². The molecule has 0 atom stereocenters. The van der Waals surface area contributed by atoms with Crippen molar-refractivity contribution in [3.8, 4) is 5.75 Å². The van der Waals surface area contributed by atoms with Crippen LogP contribution in [0.4, 0.5) is 17.6 Å². The van der Waals surface area contributed by atoms with Gasteiger partial charge in [-0.2, -0.15) is 17.6 Å². The van der Waals surface area contributed by atoms with E-state index >= 15 is 0 Å². The van der Waals surface area contributed by atoms with Gasteiger partial charge in [-0.05, 0) is 17.7 Å². The first-order valence-corrected chi connectivity index (χ1v) is 4.09. The van der Waals surface area contributed by atoms with Gasteiger partial charge in [0, 0.05) is 6.54 Å². The van der Waals surface area contributed by atoms with Gasteiger partial charge in [-0.15, -0.1) is 12.4 Å². The molecule has 2 nitrogen and oxygen atoms in total. The van der Waals surface area contributed by atoms with Crippen molar-refractivity contribution >= 4 is 12.4 Å². The molecule has 0 heterocycles. The number of ether oxygens (including phenoxy) is 1. The molecule has 0 radical (unpaired) electrons. The van der Waals surface area contributed by atoms with Gasteiger partial charge in [0.25, 0.3) is 0 Å². The van der Waals surface area contributed by atoms with Crippen LogP contribution in [0.15, 0.2) is 24.3 Å². The number of alkyl halides is 4. The number of hydrogen-bond acceptors (Lipinski definition) is 2. The molecule has 1 aromatic carbocycles. The minimum absolute atomic E-state index is 0. The minimum Gasteiger partial charge on any atom is -0.428 e. The van der Waals surface area contributed by atoms with E-state index in [1.165, 1.54) is 24.3 Å². The predicted molar refractivity (Wildman–Crippen MR) is 53.2 cm³/mol. The Hall–Kier alpha value is -1.01. The molecule has 0 aliphatic carbocycles. The zero-order chi connectivity index (χ0) is 11.5. The lowest BCUT2D eigenvalue weighted by Crippen LogP contribution is -2.33. The van der Waals surface area contributed by atoms with Gasteiger partial charge in [-0.25, -0.2) is 0 Å². The highest BCUT2D eigenvalue weighted by molar-refractivity contribution is 5.85. The Balaban J connectivity index is 0.00000225. The first-order valence-electron chi connectivity index (χ1n) is 4.09. The molecule has 0 saturated carbocycles. The third-order valence-corrected chi connectivity index (χ3v) is 1.67. The van der Waals surface area contributed by atoms with E-state index in [9.17, 15) is 17.6 Å². The van der Waals surface area contributed by atoms with Gasteiger partial charge in [0.05, 0.1) is 0 Å². The van der Waals surface area contributed by atoms with Crippen molar-refractivity contribution in [1.29, 1.82) is 0 Å². The second kappa shape index (κ2) is 5.91. The molecule has 0 fully saturated rings. The molecule has 0 unspecified atom stereocenters. The minimum atomic E-state index is -4.47. The Bertz CT molecular complexity index is 318. The summed E-state index contributed by atoms with van der Waals surface area (Å²) in [4.78, 5) is 0. The zero-order valence-corrected chi connectivity index (χ0v) is 8.82. The lowest BCUT2D eigenvalue weighted by molar-refractivity contribution is -0.253. The average molecular weight is 260 g/mol. The predicted octanol–water partition coefficient (Wildman–Crippen LogP) is 2.80. The normalized spacial score (nSPS) is 11.1. The standard InChI is InChI=1S/C9H9F4NO.ClH/c10-8(11)9(12,13)15-7-3-1-6(5-14)2-4-7;/h1-4,8H,5,14H2;1H. The molecule has 0 aliphatic rings. The molecule has 0 saturated heterocycles. The van der Waals surface area contributed by atoms with Crippen molar-refractivity contribution < 1.29 is 22.3 Å². The maximum atomic E-state index is 12.4. The fourth-order valence-corrected chi connectivity index (χ4v) is 0.895. The van der Waals surface area contributed by atoms with Gasteiger partial charge < -0.3 is 10.5 Å². The summed E-state index contributed by atoms with van der Waals surface area (Å²) in [6.07, 6.45) is -8.32. The van der Waals surface area contributed by atoms with E-state index in [0.717, 1.165) is 0 Å². The highest BCUT2D eigenvalue weighted by atomic mass is 35.5. The first kappa shape index (κ1) is 15.0. The number of halogens is 5. The fourth-order valence-electron chi connectivity index (χ4n) is 0.895. The fraction of sp³-hybridized carbons (Fsp3) is 0.333. The molecule has 92 valence electrons. The first-order chi connectivity index (χ1) is 6.95. The zero-order valence-electron chi connectivity index (χ0n) is 8.00. The summed E-state index contributed by atoms with van der Waals surface area (Å²) >= 11 is 0. The highest BCUT2D eigenvalue weighted by Gasteiger charge is 2.43. The van der Waals surface area contributed by atoms with E-state index in [-0.39, 0.29) is 24.7 Å². The quantitative estimate of drug-likeness (QED) is 0.844. The summed E-state index contributed by atoms with van der Waals surface area (Å²) < 4.78 is 52.2. The largest absolute Gasteiger partial charge is 0.461 e. The van der Waals surface area contributed by atoms with Gasteiger partial charge in [0.2, 0.25) is 0 Å². The summed E-state index contributed by atoms with van der Waals surface area (Å²) in [6.45, 7) is 0.242. The Morgan fingerprint density at radius 2 is 1.69 bits per heavy atom. The van der Waals surface area contributed by atoms with Crippen molar-refractivity contribution in [2.75, 3.05) is 0 Å². The SMILES string of the molecule is Cl.NCc1ccc(OC(F)(F)C(F)F)cc1. The van der Waals surface area contributed by atoms with Crippen LogP contribution in [-0.2, 0) is 6.54 Å². The van der Waals surface area contributed by atoms with E-state index in [1.807, 2.05) is 0 Å². The number of hydrogen-bond donors (Lipinski definition) is 1. The van der Waals surface area contributed by atoms with Crippen LogP contribution >= 0.6 is 12.4 Å². The van der Waals surface area contributed by atoms with Crippen molar-refractivity contribution in [2.24, 2.45) is 5.73 Å². The van der Waals surface area contributed by atoms with E-state index < -0.39 is 12.5 Å². The summed E-state index contributed by atoms with van der Waals surface area (Å²) in [5.41, 5.74) is 5.96. The van der Waals surface area contributed by atoms with Crippen LogP contribution in [0.5, 0.6) is 5.75 Å². The third-order valence-electron chi connectivity index (χ3n) is 1.67. The Morgan fingerprint density at radius 3 is 2.06 bits per heavy atom. The molecule has 0 aliphatic heterocycles. The summed E-state index contributed by atoms with van der Waals surface area (Å²) in [7, 11) is 0. The lowest BCUT2D eigenvalue weighted by atomic mass is 10.2. The Kier molecular flexibility index (Phi) is 5.53. The average Bonchev–Trinajstić information content (AvgIpc) is 2.18. The summed E-state index contributed by atoms with van der Waals surface area (Å²) in [5.74, 6) is -0.322. The molecule has 0 amide bonds. The van der Waals surface area contributed by atoms with E-state index in [2.05, 4.69) is 4.74 Å². The number of rotatable bonds is 4. The van der Waals surface area contributed by atoms with Gasteiger partial charge in [-0.3, -0.25) is 0 Å². The molecular weight excluding hydrogens is 250 g/mol. The van der Waals surface area contributed by atoms with Crippen molar-refractivity contribution in [1.82, 2.24) is 0 Å². The molecule has 0 aromatic heterocycles. The van der Waals surface area contributed by atoms with Crippen LogP contribution in [-0.4, -0.2) is 12.5 Å². The number of nitrogens with two attached hydrogens (primary N) is 1. The van der Waals surface area contributed by atoms with Crippen LogP contribution in [0.25, 0.3) is 0 Å². The maximum Gasteiger partial charge on any atom is 0.461 e. The van der Waals surface area contributed by atoms with Crippen LogP contribution in [0, 0.1) is 0 Å². The van der Waals surface area contributed by atoms with E-state index in [1.54, 1.807) is 0 Å². The molecule has 0 bridgehead atoms. The highest BCUT2D eigenvalue weighted by Crippen LogP contribution is 2.27. The maximum absolute atomic E-state index is 12.4. The van der Waals surface area contributed by atoms with Crippen molar-refractivity contribution in [2.45, 2.75) is 19.1 Å². The summed E-state index contributed by atoms with van der Waals surface area (Å²) in [5, 5.41) is 0. The Morgan fingerprint density at radius 1 is 1.19 bits per heavy atom. The van der Waals surface area contributed by atoms with E-state index in [0.29, 0.717) is 5.56 Å². The molecule has 7 heteroatoms. The molecule has 1 aromatic rings. The van der Waals surface area contributed by atoms with Crippen LogP contribution in [0.2, 0.25) is 0 Å².